The van der Waals surface area contributed by atoms with Crippen molar-refractivity contribution >= 4 is 23.4 Å². The van der Waals surface area contributed by atoms with Gasteiger partial charge in [-0.15, -0.1) is 0 Å². The third kappa shape index (κ3) is 4.61. The number of hydrogen-bond acceptors (Lipinski definition) is 7. The minimum absolute atomic E-state index is 0.137. The molecule has 178 valence electrons. The minimum Gasteiger partial charge on any atom is -0.419 e. The highest BCUT2D eigenvalue weighted by Gasteiger charge is 2.29. The number of aromatic nitrogens is 1. The lowest BCUT2D eigenvalue weighted by Gasteiger charge is -2.39. The zero-order chi connectivity index (χ0) is 24.4. The van der Waals surface area contributed by atoms with Gasteiger partial charge in [0.05, 0.1) is 12.6 Å². The van der Waals surface area contributed by atoms with E-state index in [1.54, 1.807) is 29.2 Å². The van der Waals surface area contributed by atoms with Gasteiger partial charge in [0.25, 0.3) is 11.8 Å². The van der Waals surface area contributed by atoms with E-state index in [1.807, 2.05) is 11.9 Å². The van der Waals surface area contributed by atoms with Crippen molar-refractivity contribution in [3.05, 3.63) is 65.4 Å². The van der Waals surface area contributed by atoms with Crippen LogP contribution in [0.2, 0.25) is 0 Å². The topological polar surface area (TPSA) is 125 Å². The Kier molecular flexibility index (Phi) is 6.57. The van der Waals surface area contributed by atoms with E-state index in [2.05, 4.69) is 10.3 Å². The van der Waals surface area contributed by atoms with E-state index in [1.165, 1.54) is 6.07 Å². The summed E-state index contributed by atoms with van der Waals surface area (Å²) in [4.78, 5) is 32.3. The van der Waals surface area contributed by atoms with Gasteiger partial charge in [-0.25, -0.2) is 13.8 Å². The Labute approximate surface area is 193 Å². The number of anilines is 2. The number of aliphatic hydroxyl groups is 1. The van der Waals surface area contributed by atoms with Crippen LogP contribution in [0.15, 0.2) is 46.9 Å². The molecule has 0 aliphatic carbocycles. The van der Waals surface area contributed by atoms with Crippen LogP contribution in [0.3, 0.4) is 0 Å². The van der Waals surface area contributed by atoms with Crippen molar-refractivity contribution in [2.45, 2.75) is 6.04 Å². The second-order valence-electron chi connectivity index (χ2n) is 7.96. The molecule has 1 aromatic heterocycles. The molecule has 0 saturated carbocycles. The number of nitrogens with zero attached hydrogens (tertiary/aromatic N) is 3. The molecule has 0 bridgehead atoms. The summed E-state index contributed by atoms with van der Waals surface area (Å²) in [5, 5.41) is 12.4. The van der Waals surface area contributed by atoms with E-state index in [0.29, 0.717) is 30.9 Å². The standard InChI is InChI=1S/C23H23F2N5O4/c1-29-9-10-30(15(11-29)12-31)23(33)13-5-7-14(8-6-13)27-22-19(20(26)32)28-21(34-22)18-16(24)3-2-4-17(18)25/h2-8,15,27,31H,9-12H2,1H3,(H2,26,32)/t15-/m1/s1. The maximum atomic E-state index is 14.1. The lowest BCUT2D eigenvalue weighted by molar-refractivity contribution is 0.0356. The van der Waals surface area contributed by atoms with Crippen molar-refractivity contribution < 1.29 is 27.9 Å². The highest BCUT2D eigenvalue weighted by Crippen LogP contribution is 2.31. The number of hydrogen-bond donors (Lipinski definition) is 3. The monoisotopic (exact) mass is 471 g/mol. The van der Waals surface area contributed by atoms with Gasteiger partial charge in [0.1, 0.15) is 17.2 Å². The highest BCUT2D eigenvalue weighted by atomic mass is 19.1. The Morgan fingerprint density at radius 3 is 2.47 bits per heavy atom. The van der Waals surface area contributed by atoms with E-state index in [9.17, 15) is 23.5 Å². The molecule has 1 atom stereocenters. The second kappa shape index (κ2) is 9.57. The van der Waals surface area contributed by atoms with Crippen LogP contribution in [0.5, 0.6) is 0 Å². The first kappa shape index (κ1) is 23.3. The predicted octanol–water partition coefficient (Wildman–Crippen LogP) is 2.21. The van der Waals surface area contributed by atoms with E-state index >= 15 is 0 Å². The summed E-state index contributed by atoms with van der Waals surface area (Å²) < 4.78 is 33.7. The molecule has 0 unspecified atom stereocenters. The molecule has 4 rings (SSSR count). The van der Waals surface area contributed by atoms with Crippen LogP contribution in [-0.2, 0) is 0 Å². The number of carbonyl (C=O) groups excluding carboxylic acids is 2. The van der Waals surface area contributed by atoms with Crippen LogP contribution in [-0.4, -0.2) is 71.0 Å². The summed E-state index contributed by atoms with van der Waals surface area (Å²) in [6, 6.07) is 9.29. The molecule has 3 aromatic rings. The summed E-state index contributed by atoms with van der Waals surface area (Å²) in [6.07, 6.45) is 0. The highest BCUT2D eigenvalue weighted by molar-refractivity contribution is 5.97. The van der Waals surface area contributed by atoms with Gasteiger partial charge in [0.2, 0.25) is 11.8 Å². The first-order valence-electron chi connectivity index (χ1n) is 10.5. The number of benzene rings is 2. The Balaban J connectivity index is 1.56. The minimum atomic E-state index is -0.953. The summed E-state index contributed by atoms with van der Waals surface area (Å²) in [5.41, 5.74) is 5.34. The van der Waals surface area contributed by atoms with Crippen molar-refractivity contribution in [3.63, 3.8) is 0 Å². The van der Waals surface area contributed by atoms with E-state index < -0.39 is 29.0 Å². The van der Waals surface area contributed by atoms with Crippen molar-refractivity contribution in [3.8, 4) is 11.5 Å². The normalized spacial score (nSPS) is 16.5. The van der Waals surface area contributed by atoms with Crippen LogP contribution in [0.1, 0.15) is 20.8 Å². The lowest BCUT2D eigenvalue weighted by Crippen LogP contribution is -2.55. The number of aliphatic hydroxyl groups excluding tert-OH is 1. The molecule has 1 aliphatic rings. The van der Waals surface area contributed by atoms with E-state index in [4.69, 9.17) is 10.2 Å². The molecule has 0 spiro atoms. The molecule has 11 heteroatoms. The van der Waals surface area contributed by atoms with Crippen LogP contribution < -0.4 is 11.1 Å². The summed E-state index contributed by atoms with van der Waals surface area (Å²) in [6.45, 7) is 1.64. The van der Waals surface area contributed by atoms with Crippen molar-refractivity contribution in [1.29, 1.82) is 0 Å². The average molecular weight is 471 g/mol. The molecular formula is C23H23F2N5O4. The average Bonchev–Trinajstić information content (AvgIpc) is 3.22. The van der Waals surface area contributed by atoms with Crippen LogP contribution >= 0.6 is 0 Å². The van der Waals surface area contributed by atoms with Crippen molar-refractivity contribution in [1.82, 2.24) is 14.8 Å². The first-order valence-corrected chi connectivity index (χ1v) is 10.5. The number of nitrogens with two attached hydrogens (primary N) is 1. The maximum Gasteiger partial charge on any atom is 0.273 e. The third-order valence-corrected chi connectivity index (χ3v) is 5.58. The number of likely N-dealkylation sites (N-methyl/N-ethyl adjacent to an activating group) is 1. The Bertz CT molecular complexity index is 1190. The quantitative estimate of drug-likeness (QED) is 0.503. The van der Waals surface area contributed by atoms with E-state index in [-0.39, 0.29) is 30.1 Å². The van der Waals surface area contributed by atoms with Gasteiger partial charge in [-0.2, -0.15) is 0 Å². The Hall–Kier alpha value is -3.83. The Morgan fingerprint density at radius 1 is 1.18 bits per heavy atom. The van der Waals surface area contributed by atoms with Crippen LogP contribution in [0.25, 0.3) is 11.5 Å². The number of carbonyl (C=O) groups is 2. The summed E-state index contributed by atoms with van der Waals surface area (Å²) in [7, 11) is 1.93. The second-order valence-corrected chi connectivity index (χ2v) is 7.96. The molecule has 2 heterocycles. The number of nitrogens with one attached hydrogen (secondary N) is 1. The van der Waals surface area contributed by atoms with Gasteiger partial charge in [-0.05, 0) is 43.4 Å². The smallest absolute Gasteiger partial charge is 0.273 e. The zero-order valence-electron chi connectivity index (χ0n) is 18.3. The molecule has 4 N–H and O–H groups in total. The Morgan fingerprint density at radius 2 is 1.85 bits per heavy atom. The van der Waals surface area contributed by atoms with Crippen LogP contribution in [0.4, 0.5) is 20.4 Å². The molecule has 9 nitrogen and oxygen atoms in total. The van der Waals surface area contributed by atoms with Gasteiger partial charge >= 0.3 is 0 Å². The van der Waals surface area contributed by atoms with Gasteiger partial charge in [0.15, 0.2) is 5.69 Å². The lowest BCUT2D eigenvalue weighted by atomic mass is 10.1. The number of oxazole rings is 1. The van der Waals surface area contributed by atoms with Crippen molar-refractivity contribution in [2.24, 2.45) is 5.73 Å². The number of halogens is 2. The summed E-state index contributed by atoms with van der Waals surface area (Å²) >= 11 is 0. The zero-order valence-corrected chi connectivity index (χ0v) is 18.3. The molecule has 2 aromatic carbocycles. The van der Waals surface area contributed by atoms with Gasteiger partial charge in [-0.3, -0.25) is 9.59 Å². The van der Waals surface area contributed by atoms with Gasteiger partial charge in [0, 0.05) is 30.9 Å². The number of piperazine rings is 1. The van der Waals surface area contributed by atoms with Gasteiger partial charge < -0.3 is 30.4 Å². The molecule has 1 fully saturated rings. The number of primary amides is 1. The predicted molar refractivity (Wildman–Crippen MR) is 120 cm³/mol. The van der Waals surface area contributed by atoms with Crippen molar-refractivity contribution in [2.75, 3.05) is 38.6 Å². The maximum absolute atomic E-state index is 14.1. The summed E-state index contributed by atoms with van der Waals surface area (Å²) in [5.74, 6) is -3.61. The first-order chi connectivity index (χ1) is 16.3. The largest absolute Gasteiger partial charge is 0.419 e. The molecule has 0 radical (unpaired) electrons. The fourth-order valence-electron chi connectivity index (χ4n) is 3.81. The van der Waals surface area contributed by atoms with E-state index in [0.717, 1.165) is 12.1 Å². The van der Waals surface area contributed by atoms with Crippen LogP contribution in [0, 0.1) is 11.6 Å². The molecular weight excluding hydrogens is 448 g/mol. The SMILES string of the molecule is CN1CCN(C(=O)c2ccc(Nc3oc(-c4c(F)cccc4F)nc3C(N)=O)cc2)[C@@H](CO)C1. The molecule has 2 amide bonds. The van der Waals surface area contributed by atoms with Gasteiger partial charge in [-0.1, -0.05) is 6.07 Å². The molecule has 34 heavy (non-hydrogen) atoms. The third-order valence-electron chi connectivity index (χ3n) is 5.58. The fourth-order valence-corrected chi connectivity index (χ4v) is 3.81. The fraction of sp³-hybridized carbons (Fsp3) is 0.261. The molecule has 1 saturated heterocycles. The number of amides is 2. The number of rotatable bonds is 6. The molecule has 1 aliphatic heterocycles.